The van der Waals surface area contributed by atoms with Gasteiger partial charge in [-0.1, -0.05) is 54.6 Å². The molecule has 1 nitrogen and oxygen atoms in total. The molecule has 0 fully saturated rings. The van der Waals surface area contributed by atoms with Crippen molar-refractivity contribution in [2.24, 2.45) is 0 Å². The second-order valence-electron chi connectivity index (χ2n) is 5.09. The maximum absolute atomic E-state index is 3.75. The summed E-state index contributed by atoms with van der Waals surface area (Å²) in [4.78, 5) is 0. The molecule has 3 rings (SSSR count). The minimum atomic E-state index is 0.405. The predicted molar refractivity (Wildman–Crippen MR) is 75.5 cm³/mol. The van der Waals surface area contributed by atoms with E-state index in [0.717, 1.165) is 0 Å². The van der Waals surface area contributed by atoms with Crippen molar-refractivity contribution >= 4 is 0 Å². The van der Waals surface area contributed by atoms with Crippen molar-refractivity contribution in [3.63, 3.8) is 0 Å². The maximum Gasteiger partial charge on any atom is 0.0331 e. The van der Waals surface area contributed by atoms with Gasteiger partial charge in [0.05, 0.1) is 0 Å². The molecule has 1 aliphatic carbocycles. The molecule has 1 heteroatoms. The first-order chi connectivity index (χ1) is 8.84. The van der Waals surface area contributed by atoms with E-state index in [4.69, 9.17) is 0 Å². The highest BCUT2D eigenvalue weighted by molar-refractivity contribution is 5.34. The van der Waals surface area contributed by atoms with E-state index in [1.165, 1.54) is 29.5 Å². The summed E-state index contributed by atoms with van der Waals surface area (Å²) in [5.41, 5.74) is 4.36. The van der Waals surface area contributed by atoms with Crippen LogP contribution < -0.4 is 5.32 Å². The Morgan fingerprint density at radius 1 is 1.00 bits per heavy atom. The molecule has 0 saturated carbocycles. The third kappa shape index (κ3) is 2.19. The highest BCUT2D eigenvalue weighted by atomic mass is 14.9. The molecule has 2 atom stereocenters. The zero-order valence-electron chi connectivity index (χ0n) is 10.8. The van der Waals surface area contributed by atoms with Crippen molar-refractivity contribution in [2.75, 3.05) is 0 Å². The summed E-state index contributed by atoms with van der Waals surface area (Å²) in [6.07, 6.45) is 2.42. The molecular weight excluding hydrogens is 218 g/mol. The Hall–Kier alpha value is -1.60. The number of aryl methyl sites for hydroxylation is 1. The summed E-state index contributed by atoms with van der Waals surface area (Å²) >= 11 is 0. The van der Waals surface area contributed by atoms with Gasteiger partial charge < -0.3 is 5.32 Å². The number of fused-ring (bicyclic) bond motifs is 1. The molecule has 2 aromatic carbocycles. The number of hydrogen-bond acceptors (Lipinski definition) is 1. The van der Waals surface area contributed by atoms with Crippen LogP contribution in [0.2, 0.25) is 0 Å². The molecule has 1 N–H and O–H groups in total. The van der Waals surface area contributed by atoms with Crippen molar-refractivity contribution < 1.29 is 0 Å². The average Bonchev–Trinajstić information content (AvgIpc) is 2.83. The normalized spacial score (nSPS) is 19.5. The topological polar surface area (TPSA) is 12.0 Å². The monoisotopic (exact) mass is 237 g/mol. The molecule has 18 heavy (non-hydrogen) atoms. The Morgan fingerprint density at radius 2 is 1.72 bits per heavy atom. The van der Waals surface area contributed by atoms with E-state index < -0.39 is 0 Å². The fraction of sp³-hybridized carbons (Fsp3) is 0.294. The zero-order chi connectivity index (χ0) is 12.4. The quantitative estimate of drug-likeness (QED) is 0.850. The van der Waals surface area contributed by atoms with Crippen molar-refractivity contribution in [3.05, 3.63) is 71.3 Å². The lowest BCUT2D eigenvalue weighted by molar-refractivity contribution is 0.465. The number of nitrogens with one attached hydrogen (secondary N) is 1. The van der Waals surface area contributed by atoms with E-state index in [1.807, 2.05) is 0 Å². The van der Waals surface area contributed by atoms with Gasteiger partial charge in [0.1, 0.15) is 0 Å². The first kappa shape index (κ1) is 11.5. The number of benzene rings is 2. The first-order valence-corrected chi connectivity index (χ1v) is 6.73. The first-order valence-electron chi connectivity index (χ1n) is 6.73. The van der Waals surface area contributed by atoms with Crippen molar-refractivity contribution in [3.8, 4) is 0 Å². The fourth-order valence-corrected chi connectivity index (χ4v) is 2.87. The molecule has 0 saturated heterocycles. The lowest BCUT2D eigenvalue weighted by Crippen LogP contribution is -2.22. The van der Waals surface area contributed by atoms with Gasteiger partial charge in [0, 0.05) is 12.1 Å². The third-order valence-electron chi connectivity index (χ3n) is 3.88. The lowest BCUT2D eigenvalue weighted by atomic mass is 10.0. The standard InChI is InChI=1S/C17H19N/c1-13(14-7-3-2-4-8-14)18-17-12-11-15-9-5-6-10-16(15)17/h2-10,13,17-18H,11-12H2,1H3/t13-,17-/m1/s1. The van der Waals surface area contributed by atoms with Crippen LogP contribution in [-0.4, -0.2) is 0 Å². The van der Waals surface area contributed by atoms with Crippen LogP contribution in [0.25, 0.3) is 0 Å². The molecule has 1 aliphatic rings. The van der Waals surface area contributed by atoms with Gasteiger partial charge in [-0.2, -0.15) is 0 Å². The number of hydrogen-bond donors (Lipinski definition) is 1. The summed E-state index contributed by atoms with van der Waals surface area (Å²) in [5.74, 6) is 0. The van der Waals surface area contributed by atoms with Crippen molar-refractivity contribution in [2.45, 2.75) is 31.8 Å². The van der Waals surface area contributed by atoms with Crippen LogP contribution in [0.5, 0.6) is 0 Å². The third-order valence-corrected chi connectivity index (χ3v) is 3.88. The Labute approximate surface area is 109 Å². The van der Waals surface area contributed by atoms with E-state index in [-0.39, 0.29) is 0 Å². The molecular formula is C17H19N. The van der Waals surface area contributed by atoms with Crippen LogP contribution >= 0.6 is 0 Å². The molecule has 0 bridgehead atoms. The van der Waals surface area contributed by atoms with E-state index in [2.05, 4.69) is 66.8 Å². The van der Waals surface area contributed by atoms with E-state index >= 15 is 0 Å². The van der Waals surface area contributed by atoms with Crippen LogP contribution in [0.3, 0.4) is 0 Å². The summed E-state index contributed by atoms with van der Waals surface area (Å²) in [7, 11) is 0. The molecule has 0 amide bonds. The second-order valence-corrected chi connectivity index (χ2v) is 5.09. The van der Waals surface area contributed by atoms with Gasteiger partial charge in [-0.15, -0.1) is 0 Å². The highest BCUT2D eigenvalue weighted by Crippen LogP contribution is 2.32. The van der Waals surface area contributed by atoms with Crippen LogP contribution in [0.15, 0.2) is 54.6 Å². The van der Waals surface area contributed by atoms with Gasteiger partial charge in [-0.25, -0.2) is 0 Å². The Kier molecular flexibility index (Phi) is 3.16. The summed E-state index contributed by atoms with van der Waals surface area (Å²) in [5, 5.41) is 3.75. The van der Waals surface area contributed by atoms with E-state index in [9.17, 15) is 0 Å². The molecule has 0 spiro atoms. The second kappa shape index (κ2) is 4.95. The van der Waals surface area contributed by atoms with Gasteiger partial charge in [0.15, 0.2) is 0 Å². The van der Waals surface area contributed by atoms with Gasteiger partial charge in [0.25, 0.3) is 0 Å². The van der Waals surface area contributed by atoms with Crippen LogP contribution in [-0.2, 0) is 6.42 Å². The van der Waals surface area contributed by atoms with Crippen molar-refractivity contribution in [1.82, 2.24) is 5.32 Å². The smallest absolute Gasteiger partial charge is 0.0331 e. The minimum absolute atomic E-state index is 0.405. The Balaban J connectivity index is 1.75. The molecule has 0 radical (unpaired) electrons. The maximum atomic E-state index is 3.75. The molecule has 0 unspecified atom stereocenters. The molecule has 0 aliphatic heterocycles. The predicted octanol–water partition coefficient (Wildman–Crippen LogP) is 4.02. The van der Waals surface area contributed by atoms with Gasteiger partial charge in [-0.05, 0) is 36.5 Å². The van der Waals surface area contributed by atoms with Gasteiger partial charge in [0.2, 0.25) is 0 Å². The average molecular weight is 237 g/mol. The zero-order valence-corrected chi connectivity index (χ0v) is 10.8. The van der Waals surface area contributed by atoms with Crippen LogP contribution in [0.4, 0.5) is 0 Å². The Morgan fingerprint density at radius 3 is 2.56 bits per heavy atom. The van der Waals surface area contributed by atoms with Gasteiger partial charge in [-0.3, -0.25) is 0 Å². The molecule has 0 aromatic heterocycles. The van der Waals surface area contributed by atoms with E-state index in [0.29, 0.717) is 12.1 Å². The number of rotatable bonds is 3. The molecule has 92 valence electrons. The fourth-order valence-electron chi connectivity index (χ4n) is 2.87. The van der Waals surface area contributed by atoms with Crippen LogP contribution in [0.1, 0.15) is 42.1 Å². The van der Waals surface area contributed by atoms with Crippen LogP contribution in [0, 0.1) is 0 Å². The lowest BCUT2D eigenvalue weighted by Gasteiger charge is -2.20. The highest BCUT2D eigenvalue weighted by Gasteiger charge is 2.23. The van der Waals surface area contributed by atoms with Gasteiger partial charge >= 0.3 is 0 Å². The SMILES string of the molecule is C[C@@H](N[C@@H]1CCc2ccccc21)c1ccccc1. The summed E-state index contributed by atoms with van der Waals surface area (Å²) in [6.45, 7) is 2.25. The summed E-state index contributed by atoms with van der Waals surface area (Å²) < 4.78 is 0. The van der Waals surface area contributed by atoms with E-state index in [1.54, 1.807) is 0 Å². The largest absolute Gasteiger partial charge is 0.303 e. The van der Waals surface area contributed by atoms with Crippen molar-refractivity contribution in [1.29, 1.82) is 0 Å². The Bertz CT molecular complexity index is 518. The minimum Gasteiger partial charge on any atom is -0.303 e. The molecule has 2 aromatic rings. The molecule has 0 heterocycles. The summed E-state index contributed by atoms with van der Waals surface area (Å²) in [6, 6.07) is 20.4.